The minimum atomic E-state index is 0.425. The minimum absolute atomic E-state index is 0.425. The summed E-state index contributed by atoms with van der Waals surface area (Å²) in [6, 6.07) is 60.5. The first-order valence-electron chi connectivity index (χ1n) is 23.3. The Morgan fingerprint density at radius 3 is 1.51 bits per heavy atom. The fraction of sp³-hybridized carbons (Fsp3) is 0.207. The van der Waals surface area contributed by atoms with Crippen LogP contribution in [0, 0.1) is 0 Å². The first kappa shape index (κ1) is 36.7. The summed E-state index contributed by atoms with van der Waals surface area (Å²) in [7, 11) is 0. The van der Waals surface area contributed by atoms with Gasteiger partial charge in [0.05, 0.1) is 33.3 Å². The first-order valence-corrected chi connectivity index (χ1v) is 23.3. The summed E-state index contributed by atoms with van der Waals surface area (Å²) in [4.78, 5) is 11.3. The van der Waals surface area contributed by atoms with Gasteiger partial charge in [-0.2, -0.15) is 0 Å². The third kappa shape index (κ3) is 5.89. The van der Waals surface area contributed by atoms with Crippen LogP contribution in [0.2, 0.25) is 0 Å². The Balaban J connectivity index is 1.09. The molecular formula is C58H49N5. The molecule has 0 aliphatic heterocycles. The van der Waals surface area contributed by atoms with Gasteiger partial charge in [-0.3, -0.25) is 4.57 Å². The molecule has 5 nitrogen and oxygen atoms in total. The van der Waals surface area contributed by atoms with Crippen LogP contribution >= 0.6 is 0 Å². The highest BCUT2D eigenvalue weighted by molar-refractivity contribution is 6.14. The number of para-hydroxylation sites is 3. The van der Waals surface area contributed by atoms with Crippen molar-refractivity contribution in [3.05, 3.63) is 175 Å². The van der Waals surface area contributed by atoms with Gasteiger partial charge in [-0.25, -0.2) is 9.97 Å². The molecule has 2 aliphatic carbocycles. The Morgan fingerprint density at radius 1 is 0.349 bits per heavy atom. The van der Waals surface area contributed by atoms with Crippen LogP contribution in [0.4, 0.5) is 0 Å². The Kier molecular flexibility index (Phi) is 8.63. The standard InChI is InChI=1S/C58H49N5/c1-5-17-38(18-6-1)41-29-32-52-47(35-41)48-36-43(61-50-27-15-13-25-45(50)46-26-14-16-28-51(46)61)30-33-53(48)62(52)44-31-34-54-49(37-44)55-56(39-19-7-2-8-20-39)59-57(40-21-9-3-10-22-40)60-58(55)63(54)42-23-11-4-12-24-42/h1,4-6,11-18,23-37,39-40H,2-3,7-10,19-22H2. The molecule has 4 heterocycles. The fourth-order valence-corrected chi connectivity index (χ4v) is 11.6. The number of hydrogen-bond acceptors (Lipinski definition) is 2. The van der Waals surface area contributed by atoms with Crippen LogP contribution in [0.15, 0.2) is 164 Å². The lowest BCUT2D eigenvalue weighted by molar-refractivity contribution is 0.417. The van der Waals surface area contributed by atoms with Crippen LogP contribution in [0.1, 0.15) is 87.6 Å². The maximum Gasteiger partial charge on any atom is 0.149 e. The van der Waals surface area contributed by atoms with Gasteiger partial charge in [-0.1, -0.05) is 130 Å². The van der Waals surface area contributed by atoms with Crippen LogP contribution in [-0.4, -0.2) is 23.7 Å². The summed E-state index contributed by atoms with van der Waals surface area (Å²) in [6.45, 7) is 0. The molecule has 0 spiro atoms. The van der Waals surface area contributed by atoms with E-state index in [2.05, 4.69) is 177 Å². The van der Waals surface area contributed by atoms with Crippen molar-refractivity contribution in [1.82, 2.24) is 23.7 Å². The molecule has 0 saturated heterocycles. The SMILES string of the molecule is c1ccc(-c2ccc3c(c2)c2cc(-n4c5ccccc5c5ccccc54)ccc2n3-c2ccc3c(c2)c2c(C4CCCCC4)nc(C4CCCCC4)nc2n3-c2ccccc2)cc1. The zero-order valence-corrected chi connectivity index (χ0v) is 35.6. The predicted molar refractivity (Wildman–Crippen MR) is 262 cm³/mol. The Hall–Kier alpha value is -6.98. The number of benzene rings is 7. The van der Waals surface area contributed by atoms with Gasteiger partial charge in [0.1, 0.15) is 11.5 Å². The number of aromatic nitrogens is 5. The van der Waals surface area contributed by atoms with Crippen LogP contribution in [-0.2, 0) is 0 Å². The third-order valence-electron chi connectivity index (χ3n) is 14.6. The van der Waals surface area contributed by atoms with Gasteiger partial charge in [0, 0.05) is 61.2 Å². The molecule has 0 atom stereocenters. The zero-order valence-electron chi connectivity index (χ0n) is 35.6. The van der Waals surface area contributed by atoms with Gasteiger partial charge in [-0.05, 0) is 110 Å². The van der Waals surface area contributed by atoms with Crippen molar-refractivity contribution in [3.8, 4) is 28.2 Å². The molecule has 0 bridgehead atoms. The highest BCUT2D eigenvalue weighted by Crippen LogP contribution is 2.44. The van der Waals surface area contributed by atoms with Gasteiger partial charge in [0.2, 0.25) is 0 Å². The van der Waals surface area contributed by atoms with E-state index in [0.29, 0.717) is 11.8 Å². The monoisotopic (exact) mass is 815 g/mol. The molecule has 5 heteroatoms. The van der Waals surface area contributed by atoms with Crippen molar-refractivity contribution < 1.29 is 0 Å². The zero-order chi connectivity index (χ0) is 41.4. The third-order valence-corrected chi connectivity index (χ3v) is 14.6. The summed E-state index contributed by atoms with van der Waals surface area (Å²) in [5, 5.41) is 7.49. The molecule has 2 saturated carbocycles. The molecule has 2 fully saturated rings. The van der Waals surface area contributed by atoms with Crippen LogP contribution < -0.4 is 0 Å². The first-order chi connectivity index (χ1) is 31.3. The number of fused-ring (bicyclic) bond motifs is 9. The smallest absolute Gasteiger partial charge is 0.149 e. The second-order valence-electron chi connectivity index (χ2n) is 18.2. The van der Waals surface area contributed by atoms with Crippen molar-refractivity contribution in [3.63, 3.8) is 0 Å². The van der Waals surface area contributed by atoms with Crippen LogP contribution in [0.25, 0.3) is 93.7 Å². The average molecular weight is 816 g/mol. The normalized spacial score (nSPS) is 15.5. The predicted octanol–water partition coefficient (Wildman–Crippen LogP) is 15.5. The summed E-state index contributed by atoms with van der Waals surface area (Å²) in [5.74, 6) is 1.93. The van der Waals surface area contributed by atoms with Crippen molar-refractivity contribution in [1.29, 1.82) is 0 Å². The van der Waals surface area contributed by atoms with E-state index in [-0.39, 0.29) is 0 Å². The quantitative estimate of drug-likeness (QED) is 0.168. The molecule has 306 valence electrons. The maximum absolute atomic E-state index is 5.68. The van der Waals surface area contributed by atoms with E-state index < -0.39 is 0 Å². The van der Waals surface area contributed by atoms with E-state index in [4.69, 9.17) is 9.97 Å². The number of rotatable bonds is 6. The van der Waals surface area contributed by atoms with Crippen molar-refractivity contribution >= 4 is 65.5 Å². The van der Waals surface area contributed by atoms with E-state index in [1.165, 1.54) is 141 Å². The number of hydrogen-bond donors (Lipinski definition) is 0. The topological polar surface area (TPSA) is 40.6 Å². The van der Waals surface area contributed by atoms with E-state index in [9.17, 15) is 0 Å². The fourth-order valence-electron chi connectivity index (χ4n) is 11.6. The second kappa shape index (κ2) is 14.8. The Morgan fingerprint density at radius 2 is 0.857 bits per heavy atom. The molecule has 0 unspecified atom stereocenters. The molecule has 0 radical (unpaired) electrons. The molecular weight excluding hydrogens is 767 g/mol. The lowest BCUT2D eigenvalue weighted by Gasteiger charge is -2.25. The lowest BCUT2D eigenvalue weighted by Crippen LogP contribution is -2.14. The van der Waals surface area contributed by atoms with E-state index in [1.54, 1.807) is 0 Å². The molecule has 7 aromatic carbocycles. The van der Waals surface area contributed by atoms with Gasteiger partial charge in [0.15, 0.2) is 0 Å². The van der Waals surface area contributed by atoms with Gasteiger partial charge >= 0.3 is 0 Å². The molecule has 13 rings (SSSR count). The summed E-state index contributed by atoms with van der Waals surface area (Å²) in [5.41, 5.74) is 14.2. The van der Waals surface area contributed by atoms with E-state index in [0.717, 1.165) is 28.5 Å². The summed E-state index contributed by atoms with van der Waals surface area (Å²) in [6.07, 6.45) is 12.4. The van der Waals surface area contributed by atoms with Gasteiger partial charge < -0.3 is 9.13 Å². The Labute approximate surface area is 367 Å². The van der Waals surface area contributed by atoms with Crippen molar-refractivity contribution in [2.45, 2.75) is 76.0 Å². The Bertz CT molecular complexity index is 3470. The van der Waals surface area contributed by atoms with Crippen molar-refractivity contribution in [2.24, 2.45) is 0 Å². The molecule has 63 heavy (non-hydrogen) atoms. The lowest BCUT2D eigenvalue weighted by atomic mass is 9.84. The minimum Gasteiger partial charge on any atom is -0.309 e. The van der Waals surface area contributed by atoms with E-state index in [1.807, 2.05) is 0 Å². The van der Waals surface area contributed by atoms with Crippen molar-refractivity contribution in [2.75, 3.05) is 0 Å². The molecule has 4 aromatic heterocycles. The summed E-state index contributed by atoms with van der Waals surface area (Å²) < 4.78 is 7.37. The maximum atomic E-state index is 5.68. The highest BCUT2D eigenvalue weighted by Gasteiger charge is 2.29. The molecule has 0 amide bonds. The number of nitrogens with zero attached hydrogens (tertiary/aromatic N) is 5. The molecule has 11 aromatic rings. The largest absolute Gasteiger partial charge is 0.309 e. The van der Waals surface area contributed by atoms with Gasteiger partial charge in [0.25, 0.3) is 0 Å². The summed E-state index contributed by atoms with van der Waals surface area (Å²) >= 11 is 0. The van der Waals surface area contributed by atoms with Crippen LogP contribution in [0.5, 0.6) is 0 Å². The van der Waals surface area contributed by atoms with E-state index >= 15 is 0 Å². The average Bonchev–Trinajstić information content (AvgIpc) is 3.99. The van der Waals surface area contributed by atoms with Crippen LogP contribution in [0.3, 0.4) is 0 Å². The molecule has 2 aliphatic rings. The van der Waals surface area contributed by atoms with Gasteiger partial charge in [-0.15, -0.1) is 0 Å². The highest BCUT2D eigenvalue weighted by atomic mass is 15.1. The second-order valence-corrected chi connectivity index (χ2v) is 18.2. The molecule has 0 N–H and O–H groups in total.